The van der Waals surface area contributed by atoms with Crippen LogP contribution >= 0.6 is 11.8 Å². The first-order valence-corrected chi connectivity index (χ1v) is 6.21. The number of hydrogen-bond donors (Lipinski definition) is 1. The predicted octanol–water partition coefficient (Wildman–Crippen LogP) is 1.75. The van der Waals surface area contributed by atoms with Crippen molar-refractivity contribution >= 4 is 29.0 Å². The van der Waals surface area contributed by atoms with Gasteiger partial charge in [-0.2, -0.15) is 0 Å². The Kier molecular flexibility index (Phi) is 2.83. The Morgan fingerprint density at radius 2 is 2.05 bits per heavy atom. The zero-order chi connectivity index (χ0) is 13.4. The molecule has 1 N–H and O–H groups in total. The van der Waals surface area contributed by atoms with Gasteiger partial charge in [0.15, 0.2) is 11.5 Å². The van der Waals surface area contributed by atoms with E-state index in [-0.39, 0.29) is 12.0 Å². The van der Waals surface area contributed by atoms with Crippen molar-refractivity contribution < 1.29 is 23.8 Å². The van der Waals surface area contributed by atoms with Crippen LogP contribution in [0.5, 0.6) is 17.2 Å². The summed E-state index contributed by atoms with van der Waals surface area (Å²) in [5.41, 5.74) is 0.652. The van der Waals surface area contributed by atoms with Crippen LogP contribution in [-0.4, -0.2) is 25.0 Å². The quantitative estimate of drug-likeness (QED) is 0.831. The molecule has 1 aromatic carbocycles. The summed E-state index contributed by atoms with van der Waals surface area (Å²) in [5.74, 6) is 1.32. The molecule has 2 heterocycles. The molecule has 0 aliphatic carbocycles. The summed E-state index contributed by atoms with van der Waals surface area (Å²) in [7, 11) is 1.52. The van der Waals surface area contributed by atoms with E-state index < -0.39 is 5.91 Å². The second-order valence-electron chi connectivity index (χ2n) is 3.80. The standard InChI is InChI=1S/C12H9NO5S/c1-16-7-4-9-8(17-5-18-9)2-6(7)3-10-11(14)13-12(15)19-10/h2-4H,5H2,1H3,(H,13,14,15). The lowest BCUT2D eigenvalue weighted by molar-refractivity contribution is -0.115. The topological polar surface area (TPSA) is 73.9 Å². The number of imide groups is 1. The number of rotatable bonds is 2. The van der Waals surface area contributed by atoms with Gasteiger partial charge in [-0.05, 0) is 23.9 Å². The van der Waals surface area contributed by atoms with E-state index in [0.717, 1.165) is 11.8 Å². The molecule has 0 spiro atoms. The van der Waals surface area contributed by atoms with Gasteiger partial charge >= 0.3 is 0 Å². The summed E-state index contributed by atoms with van der Waals surface area (Å²) >= 11 is 0.855. The van der Waals surface area contributed by atoms with E-state index in [2.05, 4.69) is 5.32 Å². The number of benzene rings is 1. The van der Waals surface area contributed by atoms with Crippen molar-refractivity contribution in [1.29, 1.82) is 0 Å². The molecule has 1 aromatic rings. The zero-order valence-corrected chi connectivity index (χ0v) is 10.7. The summed E-state index contributed by atoms with van der Waals surface area (Å²) in [4.78, 5) is 22.9. The molecule has 0 aromatic heterocycles. The molecule has 2 aliphatic rings. The van der Waals surface area contributed by atoms with Gasteiger partial charge in [-0.15, -0.1) is 0 Å². The third-order valence-electron chi connectivity index (χ3n) is 2.65. The largest absolute Gasteiger partial charge is 0.496 e. The Balaban J connectivity index is 2.03. The van der Waals surface area contributed by atoms with Crippen LogP contribution in [0.2, 0.25) is 0 Å². The number of fused-ring (bicyclic) bond motifs is 1. The predicted molar refractivity (Wildman–Crippen MR) is 68.2 cm³/mol. The molecular formula is C12H9NO5S. The molecule has 19 heavy (non-hydrogen) atoms. The summed E-state index contributed by atoms with van der Waals surface area (Å²) < 4.78 is 15.7. The maximum absolute atomic E-state index is 11.5. The third kappa shape index (κ3) is 2.12. The normalized spacial score (nSPS) is 18.9. The van der Waals surface area contributed by atoms with Gasteiger partial charge in [-0.3, -0.25) is 14.9 Å². The van der Waals surface area contributed by atoms with Crippen LogP contribution in [0.15, 0.2) is 17.0 Å². The van der Waals surface area contributed by atoms with Crippen molar-refractivity contribution in [2.45, 2.75) is 0 Å². The average Bonchev–Trinajstić information content (AvgIpc) is 2.95. The second-order valence-corrected chi connectivity index (χ2v) is 4.81. The lowest BCUT2D eigenvalue weighted by Crippen LogP contribution is -2.17. The minimum absolute atomic E-state index is 0.159. The molecule has 2 amide bonds. The lowest BCUT2D eigenvalue weighted by atomic mass is 10.1. The third-order valence-corrected chi connectivity index (χ3v) is 3.46. The maximum Gasteiger partial charge on any atom is 0.290 e. The highest BCUT2D eigenvalue weighted by molar-refractivity contribution is 8.18. The molecule has 6 nitrogen and oxygen atoms in total. The van der Waals surface area contributed by atoms with Crippen molar-refractivity contribution in [3.8, 4) is 17.2 Å². The molecule has 2 aliphatic heterocycles. The van der Waals surface area contributed by atoms with Gasteiger partial charge in [-0.25, -0.2) is 0 Å². The van der Waals surface area contributed by atoms with Crippen LogP contribution in [0.25, 0.3) is 6.08 Å². The van der Waals surface area contributed by atoms with Crippen LogP contribution in [0, 0.1) is 0 Å². The number of nitrogens with one attached hydrogen (secondary N) is 1. The van der Waals surface area contributed by atoms with Crippen molar-refractivity contribution in [2.24, 2.45) is 0 Å². The smallest absolute Gasteiger partial charge is 0.290 e. The number of hydrogen-bond acceptors (Lipinski definition) is 6. The minimum Gasteiger partial charge on any atom is -0.496 e. The van der Waals surface area contributed by atoms with Crippen LogP contribution < -0.4 is 19.5 Å². The molecule has 1 fully saturated rings. The second kappa shape index (κ2) is 4.51. The van der Waals surface area contributed by atoms with Crippen LogP contribution in [0.1, 0.15) is 5.56 Å². The molecule has 0 bridgehead atoms. The fraction of sp³-hybridized carbons (Fsp3) is 0.167. The van der Waals surface area contributed by atoms with Crippen LogP contribution in [0.4, 0.5) is 4.79 Å². The van der Waals surface area contributed by atoms with Crippen molar-refractivity contribution in [2.75, 3.05) is 13.9 Å². The van der Waals surface area contributed by atoms with Gasteiger partial charge in [0.05, 0.1) is 12.0 Å². The van der Waals surface area contributed by atoms with Crippen molar-refractivity contribution in [1.82, 2.24) is 5.32 Å². The number of carbonyl (C=O) groups is 2. The van der Waals surface area contributed by atoms with E-state index in [1.165, 1.54) is 7.11 Å². The highest BCUT2D eigenvalue weighted by Gasteiger charge is 2.26. The van der Waals surface area contributed by atoms with E-state index in [9.17, 15) is 9.59 Å². The minimum atomic E-state index is -0.408. The number of carbonyl (C=O) groups excluding carboxylic acids is 2. The lowest BCUT2D eigenvalue weighted by Gasteiger charge is -2.06. The fourth-order valence-electron chi connectivity index (χ4n) is 1.79. The Hall–Kier alpha value is -2.15. The number of ether oxygens (including phenoxy) is 3. The summed E-state index contributed by atoms with van der Waals surface area (Å²) in [6, 6.07) is 3.40. The average molecular weight is 279 g/mol. The van der Waals surface area contributed by atoms with Gasteiger partial charge in [0.1, 0.15) is 5.75 Å². The summed E-state index contributed by atoms with van der Waals surface area (Å²) in [6.45, 7) is 0.159. The number of amides is 2. The monoisotopic (exact) mass is 279 g/mol. The van der Waals surface area contributed by atoms with Gasteiger partial charge < -0.3 is 14.2 Å². The van der Waals surface area contributed by atoms with Crippen LogP contribution in [0.3, 0.4) is 0 Å². The molecule has 0 saturated carbocycles. The summed E-state index contributed by atoms with van der Waals surface area (Å²) in [5, 5.41) is 1.82. The molecule has 0 unspecified atom stereocenters. The first kappa shape index (κ1) is 11.9. The molecule has 98 valence electrons. The Morgan fingerprint density at radius 1 is 1.32 bits per heavy atom. The molecular weight excluding hydrogens is 270 g/mol. The van der Waals surface area contributed by atoms with Gasteiger partial charge in [-0.1, -0.05) is 0 Å². The van der Waals surface area contributed by atoms with E-state index >= 15 is 0 Å². The maximum atomic E-state index is 11.5. The van der Waals surface area contributed by atoms with E-state index in [1.807, 2.05) is 0 Å². The molecule has 0 radical (unpaired) electrons. The number of methoxy groups -OCH3 is 1. The Labute approximate surface area is 112 Å². The van der Waals surface area contributed by atoms with Crippen LogP contribution in [-0.2, 0) is 4.79 Å². The van der Waals surface area contributed by atoms with Gasteiger partial charge in [0.2, 0.25) is 6.79 Å². The zero-order valence-electron chi connectivity index (χ0n) is 9.89. The van der Waals surface area contributed by atoms with Crippen molar-refractivity contribution in [3.05, 3.63) is 22.6 Å². The van der Waals surface area contributed by atoms with E-state index in [1.54, 1.807) is 18.2 Å². The first-order chi connectivity index (χ1) is 9.17. The Bertz CT molecular complexity index is 610. The SMILES string of the molecule is COc1cc2c(cc1C=C1SC(=O)NC1=O)OCO2. The highest BCUT2D eigenvalue weighted by Crippen LogP contribution is 2.39. The van der Waals surface area contributed by atoms with Gasteiger partial charge in [0, 0.05) is 11.6 Å². The fourth-order valence-corrected chi connectivity index (χ4v) is 2.46. The summed E-state index contributed by atoms with van der Waals surface area (Å²) in [6.07, 6.45) is 1.59. The molecule has 0 atom stereocenters. The highest BCUT2D eigenvalue weighted by atomic mass is 32.2. The van der Waals surface area contributed by atoms with E-state index in [0.29, 0.717) is 27.7 Å². The molecule has 1 saturated heterocycles. The Morgan fingerprint density at radius 3 is 2.68 bits per heavy atom. The van der Waals surface area contributed by atoms with E-state index in [4.69, 9.17) is 14.2 Å². The molecule has 3 rings (SSSR count). The van der Waals surface area contributed by atoms with Crippen molar-refractivity contribution in [3.63, 3.8) is 0 Å². The van der Waals surface area contributed by atoms with Gasteiger partial charge in [0.25, 0.3) is 11.1 Å². The molecule has 7 heteroatoms. The first-order valence-electron chi connectivity index (χ1n) is 5.40. The number of thioether (sulfide) groups is 1.